The van der Waals surface area contributed by atoms with E-state index < -0.39 is 0 Å². The first-order valence-corrected chi connectivity index (χ1v) is 7.79. The number of anilines is 1. The molecule has 2 aromatic rings. The van der Waals surface area contributed by atoms with E-state index in [2.05, 4.69) is 17.2 Å². The lowest BCUT2D eigenvalue weighted by Gasteiger charge is -2.04. The van der Waals surface area contributed by atoms with Crippen molar-refractivity contribution in [2.24, 2.45) is 5.73 Å². The number of nitrogens with zero attached hydrogens (tertiary/aromatic N) is 1. The van der Waals surface area contributed by atoms with E-state index in [-0.39, 0.29) is 18.3 Å². The van der Waals surface area contributed by atoms with Gasteiger partial charge in [-0.25, -0.2) is 4.98 Å². The van der Waals surface area contributed by atoms with Gasteiger partial charge in [0.2, 0.25) is 5.91 Å². The molecular weight excluding hydrogens is 322 g/mol. The third kappa shape index (κ3) is 5.29. The minimum Gasteiger partial charge on any atom is -0.494 e. The largest absolute Gasteiger partial charge is 0.494 e. The Morgan fingerprint density at radius 2 is 2.09 bits per heavy atom. The SMILES string of the molecule is CCCOc1ccc(-c2csc(NC(=O)CCN)n2)cc1.Cl. The molecule has 1 aromatic heterocycles. The fourth-order valence-corrected chi connectivity index (χ4v) is 2.45. The summed E-state index contributed by atoms with van der Waals surface area (Å²) in [4.78, 5) is 15.9. The Kier molecular flexibility index (Phi) is 7.87. The fourth-order valence-electron chi connectivity index (χ4n) is 1.72. The Morgan fingerprint density at radius 3 is 2.73 bits per heavy atom. The maximum Gasteiger partial charge on any atom is 0.227 e. The monoisotopic (exact) mass is 341 g/mol. The van der Waals surface area contributed by atoms with Crippen LogP contribution in [0.15, 0.2) is 29.6 Å². The van der Waals surface area contributed by atoms with Crippen molar-refractivity contribution in [3.05, 3.63) is 29.6 Å². The molecule has 22 heavy (non-hydrogen) atoms. The number of halogens is 1. The number of hydrogen-bond donors (Lipinski definition) is 2. The van der Waals surface area contributed by atoms with E-state index in [4.69, 9.17) is 10.5 Å². The molecule has 2 rings (SSSR count). The normalized spacial score (nSPS) is 9.91. The molecule has 0 unspecified atom stereocenters. The number of aromatic nitrogens is 1. The van der Waals surface area contributed by atoms with Crippen LogP contribution in [0.1, 0.15) is 19.8 Å². The Morgan fingerprint density at radius 1 is 1.36 bits per heavy atom. The zero-order chi connectivity index (χ0) is 15.1. The number of nitrogens with two attached hydrogens (primary N) is 1. The van der Waals surface area contributed by atoms with Gasteiger partial charge in [0, 0.05) is 23.9 Å². The first-order chi connectivity index (χ1) is 10.2. The van der Waals surface area contributed by atoms with Gasteiger partial charge in [0.25, 0.3) is 0 Å². The van der Waals surface area contributed by atoms with Crippen molar-refractivity contribution in [2.75, 3.05) is 18.5 Å². The maximum absolute atomic E-state index is 11.5. The quantitative estimate of drug-likeness (QED) is 0.810. The molecule has 1 heterocycles. The van der Waals surface area contributed by atoms with Gasteiger partial charge >= 0.3 is 0 Å². The molecule has 1 aromatic carbocycles. The van der Waals surface area contributed by atoms with E-state index in [9.17, 15) is 4.79 Å². The Hall–Kier alpha value is -1.63. The summed E-state index contributed by atoms with van der Waals surface area (Å²) < 4.78 is 5.54. The fraction of sp³-hybridized carbons (Fsp3) is 0.333. The molecule has 5 nitrogen and oxygen atoms in total. The number of thiazole rings is 1. The Labute approximate surface area is 140 Å². The van der Waals surface area contributed by atoms with Gasteiger partial charge in [-0.3, -0.25) is 4.79 Å². The lowest BCUT2D eigenvalue weighted by Crippen LogP contribution is -2.15. The molecule has 0 bridgehead atoms. The second kappa shape index (κ2) is 9.40. The second-order valence-corrected chi connectivity index (χ2v) is 5.36. The van der Waals surface area contributed by atoms with Gasteiger partial charge in [0.1, 0.15) is 5.75 Å². The van der Waals surface area contributed by atoms with Crippen molar-refractivity contribution in [2.45, 2.75) is 19.8 Å². The summed E-state index contributed by atoms with van der Waals surface area (Å²) >= 11 is 1.40. The lowest BCUT2D eigenvalue weighted by molar-refractivity contribution is -0.116. The van der Waals surface area contributed by atoms with E-state index in [1.54, 1.807) is 0 Å². The number of amides is 1. The lowest BCUT2D eigenvalue weighted by atomic mass is 10.2. The molecule has 0 atom stereocenters. The molecule has 7 heteroatoms. The predicted molar refractivity (Wildman–Crippen MR) is 92.9 cm³/mol. The summed E-state index contributed by atoms with van der Waals surface area (Å²) in [5.41, 5.74) is 7.17. The minimum atomic E-state index is -0.110. The third-order valence-corrected chi connectivity index (χ3v) is 3.50. The molecule has 0 aliphatic rings. The van der Waals surface area contributed by atoms with Crippen molar-refractivity contribution in [3.8, 4) is 17.0 Å². The first kappa shape index (κ1) is 18.4. The van der Waals surface area contributed by atoms with Crippen LogP contribution in [0.5, 0.6) is 5.75 Å². The highest BCUT2D eigenvalue weighted by Gasteiger charge is 2.07. The van der Waals surface area contributed by atoms with Gasteiger partial charge in [-0.1, -0.05) is 6.92 Å². The van der Waals surface area contributed by atoms with Crippen LogP contribution < -0.4 is 15.8 Å². The number of carbonyl (C=O) groups is 1. The van der Waals surface area contributed by atoms with E-state index in [0.29, 0.717) is 24.7 Å². The van der Waals surface area contributed by atoms with Crippen LogP contribution in [0.25, 0.3) is 11.3 Å². The average Bonchev–Trinajstić information content (AvgIpc) is 2.94. The summed E-state index contributed by atoms with van der Waals surface area (Å²) in [5.74, 6) is 0.744. The topological polar surface area (TPSA) is 77.2 Å². The molecule has 0 saturated heterocycles. The molecule has 0 radical (unpaired) electrons. The van der Waals surface area contributed by atoms with Gasteiger partial charge in [0.05, 0.1) is 12.3 Å². The summed E-state index contributed by atoms with van der Waals surface area (Å²) in [6, 6.07) is 7.78. The molecule has 120 valence electrons. The highest BCUT2D eigenvalue weighted by molar-refractivity contribution is 7.14. The summed E-state index contributed by atoms with van der Waals surface area (Å²) in [6.45, 7) is 3.13. The summed E-state index contributed by atoms with van der Waals surface area (Å²) in [6.07, 6.45) is 1.29. The van der Waals surface area contributed by atoms with Crippen molar-refractivity contribution in [3.63, 3.8) is 0 Å². The van der Waals surface area contributed by atoms with E-state index >= 15 is 0 Å². The number of hydrogen-bond acceptors (Lipinski definition) is 5. The van der Waals surface area contributed by atoms with Crippen LogP contribution in [0.2, 0.25) is 0 Å². The van der Waals surface area contributed by atoms with Crippen molar-refractivity contribution < 1.29 is 9.53 Å². The molecule has 0 fully saturated rings. The van der Waals surface area contributed by atoms with Crippen LogP contribution in [0.3, 0.4) is 0 Å². The van der Waals surface area contributed by atoms with Gasteiger partial charge in [-0.2, -0.15) is 0 Å². The molecule has 3 N–H and O–H groups in total. The maximum atomic E-state index is 11.5. The van der Waals surface area contributed by atoms with Gasteiger partial charge < -0.3 is 15.8 Å². The van der Waals surface area contributed by atoms with Gasteiger partial charge in [0.15, 0.2) is 5.13 Å². The van der Waals surface area contributed by atoms with Gasteiger partial charge in [-0.05, 0) is 30.7 Å². The van der Waals surface area contributed by atoms with Crippen molar-refractivity contribution in [1.29, 1.82) is 0 Å². The third-order valence-electron chi connectivity index (χ3n) is 2.74. The molecular formula is C15H20ClN3O2S. The van der Waals surface area contributed by atoms with Crippen LogP contribution in [0.4, 0.5) is 5.13 Å². The molecule has 0 saturated carbocycles. The zero-order valence-corrected chi connectivity index (χ0v) is 14.0. The van der Waals surface area contributed by atoms with Crippen LogP contribution in [0, 0.1) is 0 Å². The van der Waals surface area contributed by atoms with Crippen molar-refractivity contribution in [1.82, 2.24) is 4.98 Å². The van der Waals surface area contributed by atoms with Gasteiger partial charge in [-0.15, -0.1) is 23.7 Å². The number of rotatable bonds is 7. The predicted octanol–water partition coefficient (Wildman–Crippen LogP) is 3.31. The van der Waals surface area contributed by atoms with Crippen LogP contribution in [-0.2, 0) is 4.79 Å². The number of ether oxygens (including phenoxy) is 1. The van der Waals surface area contributed by atoms with Crippen molar-refractivity contribution >= 4 is 34.8 Å². The van der Waals surface area contributed by atoms with E-state index in [1.165, 1.54) is 11.3 Å². The summed E-state index contributed by atoms with van der Waals surface area (Å²) in [7, 11) is 0. The Bertz CT molecular complexity index is 587. The zero-order valence-electron chi connectivity index (χ0n) is 12.4. The number of carbonyl (C=O) groups excluding carboxylic acids is 1. The molecule has 1 amide bonds. The summed E-state index contributed by atoms with van der Waals surface area (Å²) in [5, 5.41) is 5.25. The second-order valence-electron chi connectivity index (χ2n) is 4.50. The van der Waals surface area contributed by atoms with Crippen LogP contribution in [-0.4, -0.2) is 24.0 Å². The molecule has 0 aliphatic heterocycles. The van der Waals surface area contributed by atoms with E-state index in [0.717, 1.165) is 23.4 Å². The number of benzene rings is 1. The van der Waals surface area contributed by atoms with Crippen LogP contribution >= 0.6 is 23.7 Å². The van der Waals surface area contributed by atoms with E-state index in [1.807, 2.05) is 29.6 Å². The minimum absolute atomic E-state index is 0. The molecule has 0 spiro atoms. The standard InChI is InChI=1S/C15H19N3O2S.ClH/c1-2-9-20-12-5-3-11(4-6-12)13-10-21-15(17-13)18-14(19)7-8-16;/h3-6,10H,2,7-9,16H2,1H3,(H,17,18,19);1H. The Balaban J connectivity index is 0.00000242. The first-order valence-electron chi connectivity index (χ1n) is 6.91. The number of nitrogens with one attached hydrogen (secondary N) is 1. The highest BCUT2D eigenvalue weighted by Crippen LogP contribution is 2.26. The molecule has 0 aliphatic carbocycles. The highest BCUT2D eigenvalue weighted by atomic mass is 35.5. The smallest absolute Gasteiger partial charge is 0.227 e. The average molecular weight is 342 g/mol.